The molecule has 0 spiro atoms. The van der Waals surface area contributed by atoms with E-state index in [1.165, 1.54) is 48.1 Å². The summed E-state index contributed by atoms with van der Waals surface area (Å²) in [6.07, 6.45) is 5.12. The standard InChI is InChI=1S/C26H33ClN2O2/c1-30-17-19-6-9-24-23(15-19)26-22(3-2-14-31-26)25(28-24)20-10-12-29(13-11-20)16-18-4-7-21(27)8-5-18/h4-9,15,20,22,25-26,28H,2-3,10-14,16-17H2,1H3. The van der Waals surface area contributed by atoms with Crippen LogP contribution in [0.5, 0.6) is 0 Å². The zero-order valence-corrected chi connectivity index (χ0v) is 19.1. The van der Waals surface area contributed by atoms with Gasteiger partial charge < -0.3 is 14.8 Å². The van der Waals surface area contributed by atoms with Crippen LogP contribution < -0.4 is 5.32 Å². The molecule has 0 amide bonds. The maximum absolute atomic E-state index is 6.37. The average molecular weight is 441 g/mol. The molecule has 5 rings (SSSR count). The fourth-order valence-electron chi connectivity index (χ4n) is 5.80. The van der Waals surface area contributed by atoms with E-state index < -0.39 is 0 Å². The van der Waals surface area contributed by atoms with E-state index in [1.54, 1.807) is 7.11 Å². The first kappa shape index (κ1) is 21.3. The minimum absolute atomic E-state index is 0.221. The maximum Gasteiger partial charge on any atom is 0.0892 e. The van der Waals surface area contributed by atoms with Gasteiger partial charge in [-0.3, -0.25) is 4.90 Å². The summed E-state index contributed by atoms with van der Waals surface area (Å²) in [6.45, 7) is 4.86. The first-order chi connectivity index (χ1) is 15.2. The number of hydrogen-bond acceptors (Lipinski definition) is 4. The molecule has 3 heterocycles. The van der Waals surface area contributed by atoms with Crippen LogP contribution in [-0.4, -0.2) is 37.7 Å². The molecule has 1 N–H and O–H groups in total. The molecule has 5 heteroatoms. The molecule has 0 radical (unpaired) electrons. The lowest BCUT2D eigenvalue weighted by Crippen LogP contribution is -2.48. The van der Waals surface area contributed by atoms with Crippen molar-refractivity contribution in [2.45, 2.75) is 51.0 Å². The lowest BCUT2D eigenvalue weighted by Gasteiger charge is -2.48. The number of ether oxygens (including phenoxy) is 2. The molecule has 166 valence electrons. The molecule has 0 aromatic heterocycles. The van der Waals surface area contributed by atoms with Gasteiger partial charge in [-0.15, -0.1) is 0 Å². The number of likely N-dealkylation sites (tertiary alicyclic amines) is 1. The number of piperidine rings is 1. The Morgan fingerprint density at radius 3 is 2.61 bits per heavy atom. The van der Waals surface area contributed by atoms with Crippen molar-refractivity contribution in [3.63, 3.8) is 0 Å². The summed E-state index contributed by atoms with van der Waals surface area (Å²) in [5.74, 6) is 1.26. The van der Waals surface area contributed by atoms with E-state index in [2.05, 4.69) is 40.5 Å². The second-order valence-electron chi connectivity index (χ2n) is 9.36. The van der Waals surface area contributed by atoms with Crippen LogP contribution in [-0.2, 0) is 22.6 Å². The Labute approximate surface area is 190 Å². The molecule has 2 fully saturated rings. The minimum atomic E-state index is 0.221. The molecule has 3 atom stereocenters. The smallest absolute Gasteiger partial charge is 0.0892 e. The van der Waals surface area contributed by atoms with Crippen molar-refractivity contribution in [1.82, 2.24) is 4.90 Å². The summed E-state index contributed by atoms with van der Waals surface area (Å²) in [5, 5.41) is 4.76. The van der Waals surface area contributed by atoms with Crippen molar-refractivity contribution in [2.24, 2.45) is 11.8 Å². The second kappa shape index (κ2) is 9.50. The van der Waals surface area contributed by atoms with E-state index in [4.69, 9.17) is 21.1 Å². The van der Waals surface area contributed by atoms with Gasteiger partial charge in [-0.2, -0.15) is 0 Å². The summed E-state index contributed by atoms with van der Waals surface area (Å²) in [4.78, 5) is 2.59. The third-order valence-corrected chi connectivity index (χ3v) is 7.60. The third kappa shape index (κ3) is 4.63. The predicted molar refractivity (Wildman–Crippen MR) is 125 cm³/mol. The summed E-state index contributed by atoms with van der Waals surface area (Å²) < 4.78 is 11.7. The first-order valence-corrected chi connectivity index (χ1v) is 12.1. The summed E-state index contributed by atoms with van der Waals surface area (Å²) in [6, 6.07) is 15.5. The molecule has 3 aliphatic heterocycles. The number of methoxy groups -OCH3 is 1. The summed E-state index contributed by atoms with van der Waals surface area (Å²) >= 11 is 6.04. The summed E-state index contributed by atoms with van der Waals surface area (Å²) in [7, 11) is 1.76. The molecular weight excluding hydrogens is 408 g/mol. The summed E-state index contributed by atoms with van der Waals surface area (Å²) in [5.41, 5.74) is 5.16. The Kier molecular flexibility index (Phi) is 6.51. The Morgan fingerprint density at radius 1 is 1.06 bits per heavy atom. The maximum atomic E-state index is 6.37. The highest BCUT2D eigenvalue weighted by molar-refractivity contribution is 6.30. The van der Waals surface area contributed by atoms with Gasteiger partial charge in [0, 0.05) is 48.5 Å². The van der Waals surface area contributed by atoms with Crippen LogP contribution in [0.15, 0.2) is 42.5 Å². The number of nitrogens with zero attached hydrogens (tertiary/aromatic N) is 1. The monoisotopic (exact) mass is 440 g/mol. The van der Waals surface area contributed by atoms with Crippen LogP contribution in [0.2, 0.25) is 5.02 Å². The average Bonchev–Trinajstić information content (AvgIpc) is 2.81. The van der Waals surface area contributed by atoms with Crippen LogP contribution in [0, 0.1) is 11.8 Å². The molecule has 31 heavy (non-hydrogen) atoms. The van der Waals surface area contributed by atoms with Crippen molar-refractivity contribution >= 4 is 17.3 Å². The van der Waals surface area contributed by atoms with Crippen molar-refractivity contribution in [3.8, 4) is 0 Å². The molecule has 0 saturated carbocycles. The Bertz CT molecular complexity index is 879. The van der Waals surface area contributed by atoms with Crippen molar-refractivity contribution < 1.29 is 9.47 Å². The highest BCUT2D eigenvalue weighted by atomic mass is 35.5. The van der Waals surface area contributed by atoms with Crippen molar-refractivity contribution in [3.05, 3.63) is 64.2 Å². The van der Waals surface area contributed by atoms with Gasteiger partial charge in [0.25, 0.3) is 0 Å². The largest absolute Gasteiger partial charge is 0.381 e. The number of rotatable bonds is 5. The molecule has 2 aromatic rings. The highest BCUT2D eigenvalue weighted by Gasteiger charge is 2.43. The van der Waals surface area contributed by atoms with Crippen molar-refractivity contribution in [2.75, 3.05) is 32.1 Å². The van der Waals surface area contributed by atoms with Gasteiger partial charge in [-0.25, -0.2) is 0 Å². The van der Waals surface area contributed by atoms with Gasteiger partial charge >= 0.3 is 0 Å². The zero-order chi connectivity index (χ0) is 21.2. The van der Waals surface area contributed by atoms with Crippen molar-refractivity contribution in [1.29, 1.82) is 0 Å². The van der Waals surface area contributed by atoms with Crippen LogP contribution in [0.3, 0.4) is 0 Å². The van der Waals surface area contributed by atoms with Crippen LogP contribution >= 0.6 is 11.6 Å². The predicted octanol–water partition coefficient (Wildman–Crippen LogP) is 5.66. The number of halogens is 1. The fraction of sp³-hybridized carbons (Fsp3) is 0.538. The minimum Gasteiger partial charge on any atom is -0.381 e. The van der Waals surface area contributed by atoms with E-state index in [0.717, 1.165) is 31.3 Å². The molecule has 0 aliphatic carbocycles. The van der Waals surface area contributed by atoms with E-state index >= 15 is 0 Å². The van der Waals surface area contributed by atoms with E-state index in [0.29, 0.717) is 24.5 Å². The second-order valence-corrected chi connectivity index (χ2v) is 9.80. The number of anilines is 1. The SMILES string of the molecule is COCc1ccc2c(c1)C1OCCCC1C(C1CCN(Cc3ccc(Cl)cc3)CC1)N2. The van der Waals surface area contributed by atoms with E-state index in [-0.39, 0.29) is 6.10 Å². The van der Waals surface area contributed by atoms with Crippen LogP contribution in [0.25, 0.3) is 0 Å². The Balaban J connectivity index is 1.27. The lowest BCUT2D eigenvalue weighted by molar-refractivity contribution is -0.0474. The highest BCUT2D eigenvalue weighted by Crippen LogP contribution is 2.47. The Hall–Kier alpha value is -1.59. The first-order valence-electron chi connectivity index (χ1n) is 11.7. The van der Waals surface area contributed by atoms with E-state index in [1.807, 2.05) is 12.1 Å². The van der Waals surface area contributed by atoms with E-state index in [9.17, 15) is 0 Å². The van der Waals surface area contributed by atoms with Crippen LogP contribution in [0.4, 0.5) is 5.69 Å². The Morgan fingerprint density at radius 2 is 1.84 bits per heavy atom. The van der Waals surface area contributed by atoms with Gasteiger partial charge in [0.2, 0.25) is 0 Å². The normalized spacial score (nSPS) is 26.7. The van der Waals surface area contributed by atoms with Gasteiger partial charge in [-0.1, -0.05) is 29.8 Å². The molecule has 2 saturated heterocycles. The zero-order valence-electron chi connectivity index (χ0n) is 18.4. The number of hydrogen-bond donors (Lipinski definition) is 1. The molecule has 4 nitrogen and oxygen atoms in total. The van der Waals surface area contributed by atoms with Gasteiger partial charge in [0.05, 0.1) is 12.7 Å². The van der Waals surface area contributed by atoms with Gasteiger partial charge in [-0.05, 0) is 80.1 Å². The third-order valence-electron chi connectivity index (χ3n) is 7.34. The molecule has 2 aromatic carbocycles. The fourth-order valence-corrected chi connectivity index (χ4v) is 5.93. The lowest BCUT2D eigenvalue weighted by atomic mass is 9.72. The van der Waals surface area contributed by atoms with Gasteiger partial charge in [0.1, 0.15) is 0 Å². The molecule has 0 bridgehead atoms. The molecular formula is C26H33ClN2O2. The molecule has 3 unspecified atom stereocenters. The quantitative estimate of drug-likeness (QED) is 0.650. The topological polar surface area (TPSA) is 33.7 Å². The van der Waals surface area contributed by atoms with Crippen LogP contribution in [0.1, 0.15) is 48.5 Å². The van der Waals surface area contributed by atoms with Gasteiger partial charge in [0.15, 0.2) is 0 Å². The number of fused-ring (bicyclic) bond motifs is 3. The molecule has 3 aliphatic rings. The number of nitrogens with one attached hydrogen (secondary N) is 1. The number of benzene rings is 2.